The predicted octanol–water partition coefficient (Wildman–Crippen LogP) is 1.62. The predicted molar refractivity (Wildman–Crippen MR) is 58.4 cm³/mol. The maximum Gasteiger partial charge on any atom is 0.422 e. The van der Waals surface area contributed by atoms with Gasteiger partial charge >= 0.3 is 12.2 Å². The summed E-state index contributed by atoms with van der Waals surface area (Å²) in [5.41, 5.74) is 4.04. The molecule has 0 spiro atoms. The van der Waals surface area contributed by atoms with Gasteiger partial charge in [0.2, 0.25) is 0 Å². The van der Waals surface area contributed by atoms with Crippen molar-refractivity contribution in [2.75, 3.05) is 0 Å². The summed E-state index contributed by atoms with van der Waals surface area (Å²) in [4.78, 5) is 19.7. The van der Waals surface area contributed by atoms with Crippen LogP contribution in [0.3, 0.4) is 0 Å². The minimum atomic E-state index is -4.83. The van der Waals surface area contributed by atoms with Crippen molar-refractivity contribution in [2.24, 2.45) is 10.8 Å². The van der Waals surface area contributed by atoms with E-state index in [0.717, 1.165) is 12.3 Å². The lowest BCUT2D eigenvalue weighted by Gasteiger charge is -2.07. The number of rotatable bonds is 3. The molecule has 2 amide bonds. The Bertz CT molecular complexity index is 542. The average molecular weight is 276 g/mol. The van der Waals surface area contributed by atoms with Gasteiger partial charge in [-0.1, -0.05) is 6.07 Å². The van der Waals surface area contributed by atoms with E-state index >= 15 is 0 Å². The molecule has 0 saturated carbocycles. The Labute approximate surface area is 104 Å². The van der Waals surface area contributed by atoms with Crippen molar-refractivity contribution in [3.8, 4) is 0 Å². The molecular weight excluding hydrogens is 269 g/mol. The molecule has 0 heterocycles. The van der Waals surface area contributed by atoms with E-state index in [9.17, 15) is 28.1 Å². The fourth-order valence-corrected chi connectivity index (χ4v) is 1.19. The number of nitrogens with zero attached hydrogens (tertiary/aromatic N) is 2. The number of nitrogens with one attached hydrogen (secondary N) is 1. The molecule has 0 saturated heterocycles. The molecule has 1 aromatic rings. The number of carbonyl (C=O) groups is 1. The molecule has 0 aromatic heterocycles. The average Bonchev–Trinajstić information content (AvgIpc) is 2.26. The first-order valence-corrected chi connectivity index (χ1v) is 4.66. The minimum absolute atomic E-state index is 0.00782. The van der Waals surface area contributed by atoms with E-state index in [2.05, 4.69) is 5.10 Å². The first kappa shape index (κ1) is 14.4. The van der Waals surface area contributed by atoms with E-state index in [1.54, 1.807) is 5.43 Å². The van der Waals surface area contributed by atoms with Crippen molar-refractivity contribution in [1.29, 1.82) is 0 Å². The van der Waals surface area contributed by atoms with Crippen molar-refractivity contribution in [3.05, 3.63) is 39.4 Å². The van der Waals surface area contributed by atoms with Gasteiger partial charge in [-0.3, -0.25) is 10.1 Å². The quantitative estimate of drug-likeness (QED) is 0.497. The van der Waals surface area contributed by atoms with Crippen molar-refractivity contribution in [1.82, 2.24) is 5.43 Å². The van der Waals surface area contributed by atoms with Crippen molar-refractivity contribution >= 4 is 17.9 Å². The summed E-state index contributed by atoms with van der Waals surface area (Å²) >= 11 is 0. The number of urea groups is 1. The first-order chi connectivity index (χ1) is 8.71. The van der Waals surface area contributed by atoms with Crippen LogP contribution in [0.15, 0.2) is 23.3 Å². The van der Waals surface area contributed by atoms with Gasteiger partial charge < -0.3 is 5.73 Å². The van der Waals surface area contributed by atoms with Crippen LogP contribution in [0, 0.1) is 10.1 Å². The number of alkyl halides is 3. The maximum absolute atomic E-state index is 12.5. The Balaban J connectivity index is 3.14. The topological polar surface area (TPSA) is 111 Å². The van der Waals surface area contributed by atoms with Crippen LogP contribution in [0.4, 0.5) is 23.7 Å². The maximum atomic E-state index is 12.5. The summed E-state index contributed by atoms with van der Waals surface area (Å²) < 4.78 is 37.5. The molecule has 1 rings (SSSR count). The Kier molecular flexibility index (Phi) is 4.04. The molecule has 1 aromatic carbocycles. The summed E-state index contributed by atoms with van der Waals surface area (Å²) in [6.07, 6.45) is -3.90. The Morgan fingerprint density at radius 2 is 2.11 bits per heavy atom. The van der Waals surface area contributed by atoms with Gasteiger partial charge in [-0.2, -0.15) is 18.3 Å². The van der Waals surface area contributed by atoms with E-state index in [1.807, 2.05) is 0 Å². The van der Waals surface area contributed by atoms with Crippen LogP contribution in [-0.4, -0.2) is 17.2 Å². The SMILES string of the molecule is NC(=O)NN=Cc1ccc(C(F)(F)F)c([N+](=O)[O-])c1. The molecule has 0 unspecified atom stereocenters. The van der Waals surface area contributed by atoms with Gasteiger partial charge in [0.15, 0.2) is 0 Å². The Morgan fingerprint density at radius 3 is 2.58 bits per heavy atom. The number of hydrogen-bond acceptors (Lipinski definition) is 4. The highest BCUT2D eigenvalue weighted by Crippen LogP contribution is 2.36. The number of nitro benzene ring substituents is 1. The van der Waals surface area contributed by atoms with Gasteiger partial charge in [-0.05, 0) is 6.07 Å². The highest BCUT2D eigenvalue weighted by atomic mass is 19.4. The van der Waals surface area contributed by atoms with Gasteiger partial charge in [0.1, 0.15) is 5.56 Å². The van der Waals surface area contributed by atoms with Gasteiger partial charge in [-0.15, -0.1) is 0 Å². The Morgan fingerprint density at radius 1 is 1.47 bits per heavy atom. The van der Waals surface area contributed by atoms with Crippen LogP contribution in [0.5, 0.6) is 0 Å². The van der Waals surface area contributed by atoms with Crippen LogP contribution in [0.1, 0.15) is 11.1 Å². The lowest BCUT2D eigenvalue weighted by molar-refractivity contribution is -0.388. The molecular formula is C9H7F3N4O3. The van der Waals surface area contributed by atoms with Crippen LogP contribution in [0.25, 0.3) is 0 Å². The molecule has 102 valence electrons. The lowest BCUT2D eigenvalue weighted by atomic mass is 10.1. The van der Waals surface area contributed by atoms with E-state index in [-0.39, 0.29) is 5.56 Å². The number of nitro groups is 1. The Hall–Kier alpha value is -2.65. The molecule has 0 radical (unpaired) electrons. The second-order valence-electron chi connectivity index (χ2n) is 3.27. The number of nitrogens with two attached hydrogens (primary N) is 1. The van der Waals surface area contributed by atoms with Gasteiger partial charge in [-0.25, -0.2) is 10.2 Å². The van der Waals surface area contributed by atoms with Crippen LogP contribution in [0.2, 0.25) is 0 Å². The number of benzene rings is 1. The smallest absolute Gasteiger partial charge is 0.350 e. The highest BCUT2D eigenvalue weighted by Gasteiger charge is 2.38. The zero-order valence-electron chi connectivity index (χ0n) is 9.14. The normalized spacial score (nSPS) is 11.5. The number of hydrazone groups is 1. The summed E-state index contributed by atoms with van der Waals surface area (Å²) in [7, 11) is 0. The fourth-order valence-electron chi connectivity index (χ4n) is 1.19. The number of primary amides is 1. The van der Waals surface area contributed by atoms with E-state index < -0.39 is 28.4 Å². The van der Waals surface area contributed by atoms with E-state index in [0.29, 0.717) is 12.1 Å². The minimum Gasteiger partial charge on any atom is -0.350 e. The molecule has 0 atom stereocenters. The van der Waals surface area contributed by atoms with Crippen molar-refractivity contribution in [3.63, 3.8) is 0 Å². The molecule has 0 aliphatic heterocycles. The third-order valence-electron chi connectivity index (χ3n) is 1.91. The summed E-state index contributed by atoms with van der Waals surface area (Å²) in [5, 5.41) is 13.9. The molecule has 0 aliphatic rings. The van der Waals surface area contributed by atoms with E-state index in [1.165, 1.54) is 0 Å². The van der Waals surface area contributed by atoms with Gasteiger partial charge in [0, 0.05) is 11.6 Å². The molecule has 7 nitrogen and oxygen atoms in total. The summed E-state index contributed by atoms with van der Waals surface area (Å²) in [6, 6.07) is 1.25. The third-order valence-corrected chi connectivity index (χ3v) is 1.91. The van der Waals surface area contributed by atoms with Crippen molar-refractivity contribution < 1.29 is 22.9 Å². The third kappa shape index (κ3) is 3.94. The fraction of sp³-hybridized carbons (Fsp3) is 0.111. The van der Waals surface area contributed by atoms with Gasteiger partial charge in [0.25, 0.3) is 5.69 Å². The standard InChI is InChI=1S/C9H7F3N4O3/c10-9(11,12)6-2-1-5(3-7(6)16(18)19)4-14-15-8(13)17/h1-4H,(H3,13,15,17). The number of halogens is 3. The first-order valence-electron chi connectivity index (χ1n) is 4.66. The lowest BCUT2D eigenvalue weighted by Crippen LogP contribution is -2.24. The molecule has 3 N–H and O–H groups in total. The molecule has 0 aliphatic carbocycles. The molecule has 0 bridgehead atoms. The number of hydrogen-bond donors (Lipinski definition) is 2. The largest absolute Gasteiger partial charge is 0.422 e. The molecule has 10 heteroatoms. The second kappa shape index (κ2) is 5.33. The number of amides is 2. The zero-order chi connectivity index (χ0) is 14.6. The van der Waals surface area contributed by atoms with Crippen molar-refractivity contribution in [2.45, 2.75) is 6.18 Å². The molecule has 0 fully saturated rings. The second-order valence-corrected chi connectivity index (χ2v) is 3.27. The summed E-state index contributed by atoms with van der Waals surface area (Å²) in [5.74, 6) is 0. The van der Waals surface area contributed by atoms with E-state index in [4.69, 9.17) is 5.73 Å². The highest BCUT2D eigenvalue weighted by molar-refractivity contribution is 5.82. The monoisotopic (exact) mass is 276 g/mol. The van der Waals surface area contributed by atoms with Crippen LogP contribution in [-0.2, 0) is 6.18 Å². The summed E-state index contributed by atoms with van der Waals surface area (Å²) in [6.45, 7) is 0. The number of carbonyl (C=O) groups excluding carboxylic acids is 1. The van der Waals surface area contributed by atoms with Gasteiger partial charge in [0.05, 0.1) is 11.1 Å². The zero-order valence-corrected chi connectivity index (χ0v) is 9.14. The molecule has 19 heavy (non-hydrogen) atoms. The van der Waals surface area contributed by atoms with Crippen LogP contribution >= 0.6 is 0 Å². The van der Waals surface area contributed by atoms with Crippen LogP contribution < -0.4 is 11.2 Å².